The van der Waals surface area contributed by atoms with E-state index in [1.165, 1.54) is 0 Å². The van der Waals surface area contributed by atoms with E-state index >= 15 is 0 Å². The predicted octanol–water partition coefficient (Wildman–Crippen LogP) is 1.58. The molecule has 0 radical (unpaired) electrons. The standard InChI is InChI=1S/C10H12O4/c1-3-5-7(11)9(13)6(4-2)10(14)8(5)12/h11,14H,3-4H2,1-2H3. The molecule has 0 aliphatic heterocycles. The second-order valence-corrected chi connectivity index (χ2v) is 3.02. The Morgan fingerprint density at radius 3 is 1.36 bits per heavy atom. The van der Waals surface area contributed by atoms with E-state index in [0.717, 1.165) is 0 Å². The van der Waals surface area contributed by atoms with Crippen LogP contribution in [0.4, 0.5) is 0 Å². The fraction of sp³-hybridized carbons (Fsp3) is 0.400. The van der Waals surface area contributed by atoms with Gasteiger partial charge in [-0.25, -0.2) is 0 Å². The third-order valence-electron chi connectivity index (χ3n) is 2.26. The summed E-state index contributed by atoms with van der Waals surface area (Å²) in [6.07, 6.45) is 0.467. The van der Waals surface area contributed by atoms with Crippen molar-refractivity contribution in [3.8, 4) is 0 Å². The molecule has 0 heterocycles. The molecule has 0 amide bonds. The molecule has 1 aliphatic rings. The zero-order valence-corrected chi connectivity index (χ0v) is 8.13. The van der Waals surface area contributed by atoms with Crippen LogP contribution in [0.3, 0.4) is 0 Å². The molecule has 0 aromatic rings. The number of carbonyl (C=O) groups excluding carboxylic acids is 2. The number of aliphatic hydroxyl groups is 2. The van der Waals surface area contributed by atoms with Crippen LogP contribution in [0.15, 0.2) is 22.7 Å². The molecule has 0 bridgehead atoms. The first-order valence-electron chi connectivity index (χ1n) is 4.48. The molecule has 0 aromatic heterocycles. The molecule has 0 unspecified atom stereocenters. The van der Waals surface area contributed by atoms with Crippen LogP contribution in [0.5, 0.6) is 0 Å². The smallest absolute Gasteiger partial charge is 0.227 e. The molecular weight excluding hydrogens is 184 g/mol. The summed E-state index contributed by atoms with van der Waals surface area (Å²) in [6, 6.07) is 0. The summed E-state index contributed by atoms with van der Waals surface area (Å²) in [5, 5.41) is 18.8. The molecule has 0 spiro atoms. The Morgan fingerprint density at radius 1 is 0.857 bits per heavy atom. The normalized spacial score (nSPS) is 18.1. The quantitative estimate of drug-likeness (QED) is 0.657. The van der Waals surface area contributed by atoms with Crippen LogP contribution in [0, 0.1) is 0 Å². The minimum absolute atomic E-state index is 0.00954. The average molecular weight is 196 g/mol. The number of hydrogen-bond acceptors (Lipinski definition) is 4. The third kappa shape index (κ3) is 1.32. The van der Waals surface area contributed by atoms with Crippen LogP contribution in [-0.4, -0.2) is 21.8 Å². The second-order valence-electron chi connectivity index (χ2n) is 3.02. The van der Waals surface area contributed by atoms with Crippen molar-refractivity contribution in [2.24, 2.45) is 0 Å². The Bertz CT molecular complexity index is 324. The number of ketones is 2. The van der Waals surface area contributed by atoms with E-state index < -0.39 is 23.1 Å². The van der Waals surface area contributed by atoms with Crippen molar-refractivity contribution in [3.05, 3.63) is 22.7 Å². The van der Waals surface area contributed by atoms with Gasteiger partial charge in [-0.05, 0) is 12.8 Å². The molecule has 14 heavy (non-hydrogen) atoms. The van der Waals surface area contributed by atoms with Crippen LogP contribution >= 0.6 is 0 Å². The van der Waals surface area contributed by atoms with Gasteiger partial charge in [0.1, 0.15) is 0 Å². The highest BCUT2D eigenvalue weighted by molar-refractivity contribution is 6.23. The molecule has 1 aliphatic carbocycles. The third-order valence-corrected chi connectivity index (χ3v) is 2.26. The Labute approximate surface area is 81.6 Å². The SMILES string of the molecule is CCC1=C(O)C(=O)C(CC)=C(O)C1=O. The maximum absolute atomic E-state index is 11.4. The summed E-state index contributed by atoms with van der Waals surface area (Å²) in [7, 11) is 0. The van der Waals surface area contributed by atoms with E-state index in [-0.39, 0.29) is 24.0 Å². The van der Waals surface area contributed by atoms with Gasteiger partial charge in [0.05, 0.1) is 0 Å². The summed E-state index contributed by atoms with van der Waals surface area (Å²) < 4.78 is 0. The minimum atomic E-state index is -0.638. The Hall–Kier alpha value is -1.58. The summed E-state index contributed by atoms with van der Waals surface area (Å²) >= 11 is 0. The van der Waals surface area contributed by atoms with E-state index in [9.17, 15) is 19.8 Å². The van der Waals surface area contributed by atoms with Crippen molar-refractivity contribution >= 4 is 11.6 Å². The molecule has 2 N–H and O–H groups in total. The first kappa shape index (κ1) is 10.5. The van der Waals surface area contributed by atoms with Gasteiger partial charge >= 0.3 is 0 Å². The van der Waals surface area contributed by atoms with E-state index in [0.29, 0.717) is 0 Å². The summed E-state index contributed by atoms with van der Waals surface area (Å²) in [4.78, 5) is 22.8. The summed E-state index contributed by atoms with van der Waals surface area (Å²) in [6.45, 7) is 3.28. The highest BCUT2D eigenvalue weighted by Gasteiger charge is 2.32. The molecule has 0 atom stereocenters. The number of carbonyl (C=O) groups is 2. The van der Waals surface area contributed by atoms with Gasteiger partial charge in [0, 0.05) is 11.1 Å². The maximum Gasteiger partial charge on any atom is 0.227 e. The molecule has 0 fully saturated rings. The Morgan fingerprint density at radius 2 is 1.14 bits per heavy atom. The second kappa shape index (κ2) is 3.65. The van der Waals surface area contributed by atoms with E-state index in [1.807, 2.05) is 0 Å². The molecule has 76 valence electrons. The maximum atomic E-state index is 11.4. The van der Waals surface area contributed by atoms with Crippen LogP contribution in [0.2, 0.25) is 0 Å². The molecular formula is C10H12O4. The average Bonchev–Trinajstić information content (AvgIpc) is 2.17. The Kier molecular flexibility index (Phi) is 2.74. The van der Waals surface area contributed by atoms with Gasteiger partial charge in [0.25, 0.3) is 0 Å². The van der Waals surface area contributed by atoms with Crippen LogP contribution in [0.1, 0.15) is 26.7 Å². The van der Waals surface area contributed by atoms with Gasteiger partial charge in [0.2, 0.25) is 11.6 Å². The number of aliphatic hydroxyl groups excluding tert-OH is 2. The molecule has 0 saturated carbocycles. The monoisotopic (exact) mass is 196 g/mol. The first-order chi connectivity index (χ1) is 6.54. The van der Waals surface area contributed by atoms with E-state index in [2.05, 4.69) is 0 Å². The number of allylic oxidation sites excluding steroid dienone is 2. The predicted molar refractivity (Wildman–Crippen MR) is 49.9 cm³/mol. The highest BCUT2D eigenvalue weighted by Crippen LogP contribution is 2.25. The van der Waals surface area contributed by atoms with Gasteiger partial charge in [-0.2, -0.15) is 0 Å². The fourth-order valence-corrected chi connectivity index (χ4v) is 1.43. The zero-order valence-electron chi connectivity index (χ0n) is 8.13. The van der Waals surface area contributed by atoms with Gasteiger partial charge in [-0.1, -0.05) is 13.8 Å². The minimum Gasteiger partial charge on any atom is -0.504 e. The number of rotatable bonds is 2. The topological polar surface area (TPSA) is 74.6 Å². The van der Waals surface area contributed by atoms with Crippen molar-refractivity contribution in [2.75, 3.05) is 0 Å². The molecule has 0 saturated heterocycles. The molecule has 1 rings (SSSR count). The number of hydrogen-bond donors (Lipinski definition) is 2. The highest BCUT2D eigenvalue weighted by atomic mass is 16.3. The first-order valence-corrected chi connectivity index (χ1v) is 4.48. The van der Waals surface area contributed by atoms with E-state index in [1.54, 1.807) is 13.8 Å². The lowest BCUT2D eigenvalue weighted by Gasteiger charge is -2.15. The van der Waals surface area contributed by atoms with Gasteiger partial charge in [0.15, 0.2) is 11.5 Å². The van der Waals surface area contributed by atoms with Gasteiger partial charge < -0.3 is 10.2 Å². The van der Waals surface area contributed by atoms with Crippen molar-refractivity contribution in [1.82, 2.24) is 0 Å². The largest absolute Gasteiger partial charge is 0.504 e. The molecule has 4 nitrogen and oxygen atoms in total. The number of Topliss-reactive ketones (excluding diaryl/α,β-unsaturated/α-hetero) is 2. The van der Waals surface area contributed by atoms with Gasteiger partial charge in [-0.15, -0.1) is 0 Å². The van der Waals surface area contributed by atoms with Crippen molar-refractivity contribution < 1.29 is 19.8 Å². The van der Waals surface area contributed by atoms with Crippen molar-refractivity contribution in [1.29, 1.82) is 0 Å². The lowest BCUT2D eigenvalue weighted by atomic mass is 9.91. The zero-order chi connectivity index (χ0) is 10.9. The van der Waals surface area contributed by atoms with Crippen LogP contribution in [-0.2, 0) is 9.59 Å². The molecule has 4 heteroatoms. The van der Waals surface area contributed by atoms with Crippen LogP contribution < -0.4 is 0 Å². The molecule has 0 aromatic carbocycles. The van der Waals surface area contributed by atoms with Crippen molar-refractivity contribution in [3.63, 3.8) is 0 Å². The lowest BCUT2D eigenvalue weighted by molar-refractivity contribution is -0.120. The van der Waals surface area contributed by atoms with Crippen LogP contribution in [0.25, 0.3) is 0 Å². The van der Waals surface area contributed by atoms with Crippen molar-refractivity contribution in [2.45, 2.75) is 26.7 Å². The fourth-order valence-electron chi connectivity index (χ4n) is 1.43. The van der Waals surface area contributed by atoms with E-state index in [4.69, 9.17) is 0 Å². The van der Waals surface area contributed by atoms with Gasteiger partial charge in [-0.3, -0.25) is 9.59 Å². The summed E-state index contributed by atoms with van der Waals surface area (Å²) in [5.41, 5.74) is -0.0191. The Balaban J connectivity index is 3.28. The lowest BCUT2D eigenvalue weighted by Crippen LogP contribution is -2.23. The summed E-state index contributed by atoms with van der Waals surface area (Å²) in [5.74, 6) is -2.32.